The van der Waals surface area contributed by atoms with Crippen LogP contribution < -0.4 is 0 Å². The Morgan fingerprint density at radius 2 is 1.78 bits per heavy atom. The van der Waals surface area contributed by atoms with Crippen molar-refractivity contribution in [1.82, 2.24) is 0 Å². The SMILES string of the molecule is CCC1CCCCC1C(O)C1SCCSC1CC. The Kier molecular flexibility index (Phi) is 6.23. The van der Waals surface area contributed by atoms with Gasteiger partial charge < -0.3 is 5.11 Å². The average molecular weight is 289 g/mol. The van der Waals surface area contributed by atoms with Gasteiger partial charge in [0, 0.05) is 22.0 Å². The van der Waals surface area contributed by atoms with Gasteiger partial charge in [0.25, 0.3) is 0 Å². The predicted molar refractivity (Wildman–Crippen MR) is 84.5 cm³/mol. The maximum Gasteiger partial charge on any atom is 0.0700 e. The summed E-state index contributed by atoms with van der Waals surface area (Å²) in [6.07, 6.45) is 7.73. The van der Waals surface area contributed by atoms with Gasteiger partial charge in [-0.3, -0.25) is 0 Å². The van der Waals surface area contributed by atoms with Crippen molar-refractivity contribution in [1.29, 1.82) is 0 Å². The Bertz CT molecular complexity index is 223. The van der Waals surface area contributed by atoms with Crippen LogP contribution in [0.5, 0.6) is 0 Å². The van der Waals surface area contributed by atoms with Crippen molar-refractivity contribution in [2.75, 3.05) is 11.5 Å². The van der Waals surface area contributed by atoms with Crippen LogP contribution in [0.4, 0.5) is 0 Å². The highest BCUT2D eigenvalue weighted by Gasteiger charge is 2.38. The summed E-state index contributed by atoms with van der Waals surface area (Å²) in [6.45, 7) is 4.58. The van der Waals surface area contributed by atoms with E-state index in [9.17, 15) is 5.11 Å². The fourth-order valence-corrected chi connectivity index (χ4v) is 6.90. The van der Waals surface area contributed by atoms with Crippen LogP contribution in [0.2, 0.25) is 0 Å². The summed E-state index contributed by atoms with van der Waals surface area (Å²) in [4.78, 5) is 0. The lowest BCUT2D eigenvalue weighted by Crippen LogP contribution is -2.43. The Labute approximate surface area is 121 Å². The van der Waals surface area contributed by atoms with E-state index in [4.69, 9.17) is 0 Å². The molecule has 2 aliphatic rings. The topological polar surface area (TPSA) is 20.2 Å². The van der Waals surface area contributed by atoms with Gasteiger partial charge in [-0.15, -0.1) is 0 Å². The summed E-state index contributed by atoms with van der Waals surface area (Å²) in [6, 6.07) is 0. The monoisotopic (exact) mass is 288 g/mol. The molecule has 1 nitrogen and oxygen atoms in total. The molecule has 1 aliphatic heterocycles. The van der Waals surface area contributed by atoms with Crippen LogP contribution in [0.3, 0.4) is 0 Å². The largest absolute Gasteiger partial charge is 0.392 e. The molecular weight excluding hydrogens is 260 g/mol. The first-order valence-corrected chi connectivity index (χ1v) is 9.79. The first-order chi connectivity index (χ1) is 8.77. The molecule has 0 spiro atoms. The van der Waals surface area contributed by atoms with Gasteiger partial charge in [0.05, 0.1) is 6.10 Å². The fraction of sp³-hybridized carbons (Fsp3) is 1.00. The maximum absolute atomic E-state index is 10.9. The standard InChI is InChI=1S/C15H28OS2/c1-3-11-7-5-6-8-12(11)14(16)15-13(4-2)17-9-10-18-15/h11-16H,3-10H2,1-2H3. The molecule has 1 saturated heterocycles. The molecule has 1 saturated carbocycles. The molecule has 1 N–H and O–H groups in total. The van der Waals surface area contributed by atoms with E-state index in [1.54, 1.807) is 0 Å². The van der Waals surface area contributed by atoms with Crippen molar-refractivity contribution in [3.8, 4) is 0 Å². The molecule has 5 atom stereocenters. The molecule has 0 aromatic heterocycles. The van der Waals surface area contributed by atoms with Gasteiger partial charge in [-0.05, 0) is 24.7 Å². The normalized spacial score (nSPS) is 39.5. The lowest BCUT2D eigenvalue weighted by atomic mass is 9.74. The van der Waals surface area contributed by atoms with Crippen molar-refractivity contribution in [2.24, 2.45) is 11.8 Å². The van der Waals surface area contributed by atoms with Gasteiger partial charge in [0.2, 0.25) is 0 Å². The van der Waals surface area contributed by atoms with E-state index in [1.807, 2.05) is 11.8 Å². The molecular formula is C15H28OS2. The van der Waals surface area contributed by atoms with E-state index < -0.39 is 0 Å². The zero-order chi connectivity index (χ0) is 13.0. The van der Waals surface area contributed by atoms with Crippen molar-refractivity contribution < 1.29 is 5.11 Å². The minimum Gasteiger partial charge on any atom is -0.392 e. The summed E-state index contributed by atoms with van der Waals surface area (Å²) in [5, 5.41) is 12.0. The highest BCUT2D eigenvalue weighted by atomic mass is 32.2. The second-order valence-electron chi connectivity index (χ2n) is 5.76. The summed E-state index contributed by atoms with van der Waals surface area (Å²) in [5.74, 6) is 3.86. The Hall–Kier alpha value is 0.660. The van der Waals surface area contributed by atoms with Gasteiger partial charge in [-0.25, -0.2) is 0 Å². The Balaban J connectivity index is 2.00. The minimum atomic E-state index is -0.0574. The first-order valence-electron chi connectivity index (χ1n) is 7.69. The number of aliphatic hydroxyl groups excluding tert-OH is 1. The molecule has 3 heteroatoms. The second-order valence-corrected chi connectivity index (χ2v) is 8.39. The minimum absolute atomic E-state index is 0.0574. The molecule has 5 unspecified atom stereocenters. The van der Waals surface area contributed by atoms with Gasteiger partial charge >= 0.3 is 0 Å². The van der Waals surface area contributed by atoms with Crippen LogP contribution in [-0.4, -0.2) is 33.2 Å². The fourth-order valence-electron chi connectivity index (χ4n) is 3.69. The molecule has 0 aromatic carbocycles. The number of hydrogen-bond acceptors (Lipinski definition) is 3. The van der Waals surface area contributed by atoms with Crippen LogP contribution in [0, 0.1) is 11.8 Å². The van der Waals surface area contributed by atoms with Crippen LogP contribution in [0.1, 0.15) is 52.4 Å². The molecule has 1 aliphatic carbocycles. The molecule has 106 valence electrons. The molecule has 0 bridgehead atoms. The van der Waals surface area contributed by atoms with E-state index in [0.717, 1.165) is 5.92 Å². The van der Waals surface area contributed by atoms with Gasteiger partial charge in [-0.1, -0.05) is 39.5 Å². The molecule has 2 rings (SSSR count). The van der Waals surface area contributed by atoms with Crippen molar-refractivity contribution in [3.63, 3.8) is 0 Å². The summed E-state index contributed by atoms with van der Waals surface area (Å²) >= 11 is 4.13. The third kappa shape index (κ3) is 3.40. The van der Waals surface area contributed by atoms with Crippen LogP contribution in [0.15, 0.2) is 0 Å². The van der Waals surface area contributed by atoms with Crippen molar-refractivity contribution in [2.45, 2.75) is 69.0 Å². The van der Waals surface area contributed by atoms with E-state index in [-0.39, 0.29) is 6.10 Å². The Morgan fingerprint density at radius 1 is 1.06 bits per heavy atom. The number of thioether (sulfide) groups is 2. The first kappa shape index (κ1) is 15.1. The van der Waals surface area contributed by atoms with Gasteiger partial charge in [0.1, 0.15) is 0 Å². The maximum atomic E-state index is 10.9. The smallest absolute Gasteiger partial charge is 0.0700 e. The van der Waals surface area contributed by atoms with Gasteiger partial charge in [0.15, 0.2) is 0 Å². The van der Waals surface area contributed by atoms with Crippen LogP contribution in [0.25, 0.3) is 0 Å². The molecule has 0 aromatic rings. The van der Waals surface area contributed by atoms with Crippen molar-refractivity contribution in [3.05, 3.63) is 0 Å². The third-order valence-corrected chi connectivity index (χ3v) is 8.12. The zero-order valence-corrected chi connectivity index (χ0v) is 13.4. The quantitative estimate of drug-likeness (QED) is 0.837. The summed E-state index contributed by atoms with van der Waals surface area (Å²) < 4.78 is 0. The zero-order valence-electron chi connectivity index (χ0n) is 11.8. The van der Waals surface area contributed by atoms with E-state index in [2.05, 4.69) is 25.6 Å². The molecule has 1 heterocycles. The average Bonchev–Trinajstić information content (AvgIpc) is 2.46. The number of hydrogen-bond donors (Lipinski definition) is 1. The number of aliphatic hydroxyl groups is 1. The molecule has 18 heavy (non-hydrogen) atoms. The molecule has 0 radical (unpaired) electrons. The van der Waals surface area contributed by atoms with Crippen molar-refractivity contribution >= 4 is 23.5 Å². The highest BCUT2D eigenvalue weighted by Crippen LogP contribution is 2.42. The summed E-state index contributed by atoms with van der Waals surface area (Å²) in [7, 11) is 0. The third-order valence-electron chi connectivity index (χ3n) is 4.76. The van der Waals surface area contributed by atoms with E-state index in [0.29, 0.717) is 16.4 Å². The summed E-state index contributed by atoms with van der Waals surface area (Å²) in [5.41, 5.74) is 0. The second kappa shape index (κ2) is 7.44. The van der Waals surface area contributed by atoms with Gasteiger partial charge in [-0.2, -0.15) is 23.5 Å². The highest BCUT2D eigenvalue weighted by molar-refractivity contribution is 8.07. The predicted octanol–water partition coefficient (Wildman–Crippen LogP) is 4.19. The number of rotatable bonds is 4. The lowest BCUT2D eigenvalue weighted by molar-refractivity contribution is 0.0438. The van der Waals surface area contributed by atoms with Crippen LogP contribution in [-0.2, 0) is 0 Å². The Morgan fingerprint density at radius 3 is 2.50 bits per heavy atom. The van der Waals surface area contributed by atoms with Crippen LogP contribution >= 0.6 is 23.5 Å². The van der Waals surface area contributed by atoms with E-state index in [1.165, 1.54) is 50.0 Å². The molecule has 0 amide bonds. The lowest BCUT2D eigenvalue weighted by Gasteiger charge is -2.41. The van der Waals surface area contributed by atoms with E-state index >= 15 is 0 Å². The molecule has 2 fully saturated rings.